The summed E-state index contributed by atoms with van der Waals surface area (Å²) in [6, 6.07) is 6.86. The Morgan fingerprint density at radius 3 is 2.64 bits per heavy atom. The Balaban J connectivity index is 1.30. The summed E-state index contributed by atoms with van der Waals surface area (Å²) >= 11 is 0. The summed E-state index contributed by atoms with van der Waals surface area (Å²) in [6.07, 6.45) is 10.9. The average Bonchev–Trinajstić information content (AvgIpc) is 3.66. The third-order valence-electron chi connectivity index (χ3n) is 9.71. The predicted octanol–water partition coefficient (Wildman–Crippen LogP) is 5.10. The van der Waals surface area contributed by atoms with Gasteiger partial charge in [0.05, 0.1) is 16.7 Å². The first kappa shape index (κ1) is 28.1. The Morgan fingerprint density at radius 1 is 1.07 bits per heavy atom. The summed E-state index contributed by atoms with van der Waals surface area (Å²) in [5, 5.41) is 4.24. The van der Waals surface area contributed by atoms with Gasteiger partial charge in [-0.05, 0) is 54.6 Å². The Hall–Kier alpha value is -4.40. The number of fused-ring (bicyclic) bond motifs is 5. The van der Waals surface area contributed by atoms with Crippen LogP contribution < -0.4 is 20.7 Å². The van der Waals surface area contributed by atoms with Crippen LogP contribution in [0.2, 0.25) is 0 Å². The number of terminal acetylenes is 1. The molecule has 3 saturated heterocycles. The summed E-state index contributed by atoms with van der Waals surface area (Å²) in [5.74, 6) is 0.105. The van der Waals surface area contributed by atoms with E-state index in [9.17, 15) is 8.78 Å². The van der Waals surface area contributed by atoms with Crippen molar-refractivity contribution in [2.75, 3.05) is 43.4 Å². The van der Waals surface area contributed by atoms with Gasteiger partial charge in [-0.25, -0.2) is 17.6 Å². The molecule has 45 heavy (non-hydrogen) atoms. The van der Waals surface area contributed by atoms with E-state index in [1.165, 1.54) is 24.3 Å². The van der Waals surface area contributed by atoms with E-state index >= 15 is 8.78 Å². The number of nitrogens with two attached hydrogens (primary N) is 1. The number of benzene rings is 3. The van der Waals surface area contributed by atoms with Crippen molar-refractivity contribution in [2.45, 2.75) is 43.1 Å². The number of hydrogen-bond donors (Lipinski definition) is 2. The Bertz CT molecular complexity index is 1950. The van der Waals surface area contributed by atoms with Gasteiger partial charge in [0.25, 0.3) is 0 Å². The van der Waals surface area contributed by atoms with E-state index in [1.807, 2.05) is 4.90 Å². The number of halogens is 4. The van der Waals surface area contributed by atoms with Crippen LogP contribution in [0.1, 0.15) is 24.8 Å². The number of hydrogen-bond acceptors (Lipinski definition) is 7. The van der Waals surface area contributed by atoms with Gasteiger partial charge >= 0.3 is 6.01 Å². The normalized spacial score (nSPS) is 25.8. The summed E-state index contributed by atoms with van der Waals surface area (Å²) in [4.78, 5) is 13.2. The van der Waals surface area contributed by atoms with Gasteiger partial charge in [0, 0.05) is 54.6 Å². The second-order valence-electron chi connectivity index (χ2n) is 12.5. The van der Waals surface area contributed by atoms with E-state index in [2.05, 4.69) is 33.3 Å². The van der Waals surface area contributed by atoms with E-state index in [0.29, 0.717) is 37.3 Å². The summed E-state index contributed by atoms with van der Waals surface area (Å²) in [5.41, 5.74) is 5.20. The maximum absolute atomic E-state index is 16.8. The molecule has 5 heterocycles. The fraction of sp³-hybridized carbons (Fsp3) is 0.353. The molecule has 4 aliphatic heterocycles. The SMILES string of the molecule is C#Cc1c(F)ccc2cc(N)cc(-c3c(F)cc4c(N5CC6C=CC(C5)N6)nc(OCC56CCCN5CC(F)C6)nc4c3F)c12. The maximum Gasteiger partial charge on any atom is 0.319 e. The molecule has 7 nitrogen and oxygen atoms in total. The second kappa shape index (κ2) is 10.3. The van der Waals surface area contributed by atoms with Gasteiger partial charge in [0.15, 0.2) is 5.82 Å². The lowest BCUT2D eigenvalue weighted by Crippen LogP contribution is -2.52. The molecule has 3 N–H and O–H groups in total. The molecule has 0 amide bonds. The Morgan fingerprint density at radius 2 is 1.87 bits per heavy atom. The highest BCUT2D eigenvalue weighted by Crippen LogP contribution is 2.43. The number of alkyl halides is 1. The maximum atomic E-state index is 16.8. The van der Waals surface area contributed by atoms with E-state index in [1.54, 1.807) is 6.07 Å². The molecule has 0 saturated carbocycles. The van der Waals surface area contributed by atoms with E-state index < -0.39 is 34.7 Å². The molecule has 0 radical (unpaired) electrons. The minimum absolute atomic E-state index is 0.0156. The summed E-state index contributed by atoms with van der Waals surface area (Å²) in [6.45, 7) is 2.34. The van der Waals surface area contributed by atoms with Crippen LogP contribution in [0.4, 0.5) is 29.1 Å². The molecule has 4 aliphatic rings. The molecule has 4 atom stereocenters. The quantitative estimate of drug-likeness (QED) is 0.140. The molecule has 0 aliphatic carbocycles. The van der Waals surface area contributed by atoms with Gasteiger partial charge in [-0.1, -0.05) is 24.1 Å². The standard InChI is InChI=1S/C34H30F4N6O/c1-2-23-26(36)7-4-18-10-20(39)11-24(28(18)23)29-27(37)12-25-31(30(29)38)41-33(42-32(25)43-15-21-5-6-22(16-43)40-21)45-17-34-8-3-9-44(34)14-19(35)13-34/h1,4-7,10-12,19,21-22,40H,3,8-9,13-17,39H2. The van der Waals surface area contributed by atoms with Crippen LogP contribution >= 0.6 is 0 Å². The monoisotopic (exact) mass is 614 g/mol. The molecular weight excluding hydrogens is 584 g/mol. The van der Waals surface area contributed by atoms with Crippen LogP contribution in [0.5, 0.6) is 6.01 Å². The van der Waals surface area contributed by atoms with Crippen molar-refractivity contribution < 1.29 is 22.3 Å². The zero-order chi connectivity index (χ0) is 31.0. The van der Waals surface area contributed by atoms with Gasteiger partial charge in [0.2, 0.25) is 0 Å². The zero-order valence-corrected chi connectivity index (χ0v) is 24.3. The van der Waals surface area contributed by atoms with E-state index in [0.717, 1.165) is 19.4 Å². The lowest BCUT2D eigenvalue weighted by Gasteiger charge is -2.35. The van der Waals surface area contributed by atoms with Crippen molar-refractivity contribution in [2.24, 2.45) is 0 Å². The molecule has 2 bridgehead atoms. The van der Waals surface area contributed by atoms with E-state index in [-0.39, 0.29) is 57.8 Å². The van der Waals surface area contributed by atoms with Gasteiger partial charge in [-0.3, -0.25) is 4.90 Å². The highest BCUT2D eigenvalue weighted by molar-refractivity contribution is 6.05. The molecule has 4 unspecified atom stereocenters. The molecule has 11 heteroatoms. The predicted molar refractivity (Wildman–Crippen MR) is 165 cm³/mol. The molecule has 4 aromatic rings. The van der Waals surface area contributed by atoms with Crippen LogP contribution in [-0.2, 0) is 0 Å². The number of ether oxygens (including phenoxy) is 1. The smallest absolute Gasteiger partial charge is 0.319 e. The molecule has 1 aromatic heterocycles. The van der Waals surface area contributed by atoms with Crippen molar-refractivity contribution in [3.63, 3.8) is 0 Å². The van der Waals surface area contributed by atoms with Crippen molar-refractivity contribution in [1.29, 1.82) is 0 Å². The first-order valence-electron chi connectivity index (χ1n) is 15.1. The van der Waals surface area contributed by atoms with Gasteiger partial charge in [0.1, 0.15) is 35.7 Å². The fourth-order valence-corrected chi connectivity index (χ4v) is 7.77. The minimum Gasteiger partial charge on any atom is -0.461 e. The van der Waals surface area contributed by atoms with Crippen LogP contribution in [0, 0.1) is 29.8 Å². The molecule has 3 aromatic carbocycles. The molecule has 8 rings (SSSR count). The highest BCUT2D eigenvalue weighted by Gasteiger charge is 2.49. The Kier molecular flexibility index (Phi) is 6.45. The van der Waals surface area contributed by atoms with Crippen LogP contribution in [0.25, 0.3) is 32.8 Å². The van der Waals surface area contributed by atoms with Gasteiger partial charge in [-0.2, -0.15) is 9.97 Å². The molecule has 3 fully saturated rings. The van der Waals surface area contributed by atoms with Gasteiger partial charge < -0.3 is 20.7 Å². The van der Waals surface area contributed by atoms with Crippen LogP contribution in [-0.4, -0.2) is 71.4 Å². The Labute approximate surface area is 257 Å². The lowest BCUT2D eigenvalue weighted by molar-refractivity contribution is 0.107. The van der Waals surface area contributed by atoms with Crippen molar-refractivity contribution in [3.8, 4) is 29.5 Å². The van der Waals surface area contributed by atoms with Gasteiger partial charge in [-0.15, -0.1) is 6.42 Å². The van der Waals surface area contributed by atoms with Crippen LogP contribution in [0.15, 0.2) is 42.5 Å². The summed E-state index contributed by atoms with van der Waals surface area (Å²) < 4.78 is 68.5. The van der Waals surface area contributed by atoms with Crippen molar-refractivity contribution in [1.82, 2.24) is 20.2 Å². The zero-order valence-electron chi connectivity index (χ0n) is 24.3. The largest absolute Gasteiger partial charge is 0.461 e. The number of piperazine rings is 1. The first-order valence-corrected chi connectivity index (χ1v) is 15.1. The summed E-state index contributed by atoms with van der Waals surface area (Å²) in [7, 11) is 0. The number of nitrogen functional groups attached to an aromatic ring is 1. The number of nitrogens with zero attached hydrogens (tertiary/aromatic N) is 4. The number of aromatic nitrogens is 2. The molecular formula is C34H30F4N6O. The number of anilines is 2. The third-order valence-corrected chi connectivity index (χ3v) is 9.71. The van der Waals surface area contributed by atoms with Crippen LogP contribution in [0.3, 0.4) is 0 Å². The topological polar surface area (TPSA) is 79.5 Å². The number of nitrogens with one attached hydrogen (secondary N) is 1. The van der Waals surface area contributed by atoms with Crippen molar-refractivity contribution in [3.05, 3.63) is 65.5 Å². The molecule has 230 valence electrons. The van der Waals surface area contributed by atoms with Crippen molar-refractivity contribution >= 4 is 33.2 Å². The fourth-order valence-electron chi connectivity index (χ4n) is 7.77. The average molecular weight is 615 g/mol. The molecule has 0 spiro atoms. The lowest BCUT2D eigenvalue weighted by atomic mass is 9.92. The third kappa shape index (κ3) is 4.50. The first-order chi connectivity index (χ1) is 21.7. The second-order valence-corrected chi connectivity index (χ2v) is 12.5. The highest BCUT2D eigenvalue weighted by atomic mass is 19.1. The van der Waals surface area contributed by atoms with E-state index in [4.69, 9.17) is 21.9 Å². The number of rotatable bonds is 5. The minimum atomic E-state index is -0.973.